The summed E-state index contributed by atoms with van der Waals surface area (Å²) >= 11 is 0. The highest BCUT2D eigenvalue weighted by Crippen LogP contribution is 2.06. The van der Waals surface area contributed by atoms with Crippen molar-refractivity contribution in [2.24, 2.45) is 5.92 Å². The highest BCUT2D eigenvalue weighted by Gasteiger charge is 2.17. The molecule has 4 nitrogen and oxygen atoms in total. The molecule has 1 amide bonds. The van der Waals surface area contributed by atoms with Crippen LogP contribution in [-0.2, 0) is 9.47 Å². The van der Waals surface area contributed by atoms with Gasteiger partial charge in [-0.1, -0.05) is 13.8 Å². The van der Waals surface area contributed by atoms with Gasteiger partial charge in [-0.15, -0.1) is 0 Å². The third-order valence-corrected chi connectivity index (χ3v) is 1.58. The fraction of sp³-hybridized carbons (Fsp3) is 0.917. The molecular weight excluding hydrogens is 206 g/mol. The van der Waals surface area contributed by atoms with Crippen molar-refractivity contribution in [3.63, 3.8) is 0 Å². The van der Waals surface area contributed by atoms with Gasteiger partial charge in [0.2, 0.25) is 0 Å². The summed E-state index contributed by atoms with van der Waals surface area (Å²) in [5.41, 5.74) is -0.456. The number of hydrogen-bond acceptors (Lipinski definition) is 3. The minimum Gasteiger partial charge on any atom is -0.444 e. The second-order valence-electron chi connectivity index (χ2n) is 5.48. The van der Waals surface area contributed by atoms with Gasteiger partial charge in [0.15, 0.2) is 0 Å². The minimum atomic E-state index is -0.456. The SMILES string of the molecule is CC(C)COC[C@@H](C)NC(=O)OC(C)(C)C. The average Bonchev–Trinajstić information content (AvgIpc) is 1.98. The van der Waals surface area contributed by atoms with Crippen LogP contribution in [0.5, 0.6) is 0 Å². The molecule has 0 saturated heterocycles. The molecule has 0 bridgehead atoms. The quantitative estimate of drug-likeness (QED) is 0.791. The second-order valence-corrected chi connectivity index (χ2v) is 5.48. The number of nitrogens with one attached hydrogen (secondary N) is 1. The zero-order valence-electron chi connectivity index (χ0n) is 11.3. The van der Waals surface area contributed by atoms with Crippen LogP contribution in [0.3, 0.4) is 0 Å². The third-order valence-electron chi connectivity index (χ3n) is 1.58. The maximum Gasteiger partial charge on any atom is 0.407 e. The molecule has 0 aliphatic carbocycles. The number of carbonyl (C=O) groups is 1. The normalized spacial score (nSPS) is 13.7. The highest BCUT2D eigenvalue weighted by atomic mass is 16.6. The Balaban J connectivity index is 3.70. The number of ether oxygens (including phenoxy) is 2. The Morgan fingerprint density at radius 3 is 2.19 bits per heavy atom. The van der Waals surface area contributed by atoms with Crippen LogP contribution in [0.2, 0.25) is 0 Å². The molecule has 0 spiro atoms. The van der Waals surface area contributed by atoms with E-state index in [1.54, 1.807) is 0 Å². The van der Waals surface area contributed by atoms with Crippen LogP contribution in [0.15, 0.2) is 0 Å². The molecule has 0 rings (SSSR count). The predicted octanol–water partition coefficient (Wildman–Crippen LogP) is 2.57. The molecule has 0 heterocycles. The molecule has 0 aromatic heterocycles. The molecule has 1 N–H and O–H groups in total. The van der Waals surface area contributed by atoms with Crippen LogP contribution in [-0.4, -0.2) is 30.9 Å². The summed E-state index contributed by atoms with van der Waals surface area (Å²) in [6.07, 6.45) is -0.395. The first kappa shape index (κ1) is 15.2. The summed E-state index contributed by atoms with van der Waals surface area (Å²) in [5.74, 6) is 0.508. The second kappa shape index (κ2) is 6.74. The van der Waals surface area contributed by atoms with Crippen LogP contribution >= 0.6 is 0 Å². The first-order valence-corrected chi connectivity index (χ1v) is 5.78. The molecule has 0 unspecified atom stereocenters. The molecule has 0 aromatic rings. The predicted molar refractivity (Wildman–Crippen MR) is 64.5 cm³/mol. The van der Waals surface area contributed by atoms with Crippen molar-refractivity contribution in [2.75, 3.05) is 13.2 Å². The Labute approximate surface area is 98.7 Å². The van der Waals surface area contributed by atoms with E-state index in [2.05, 4.69) is 19.2 Å². The molecule has 1 atom stereocenters. The van der Waals surface area contributed by atoms with Gasteiger partial charge in [-0.3, -0.25) is 0 Å². The molecule has 0 aliphatic heterocycles. The van der Waals surface area contributed by atoms with E-state index in [4.69, 9.17) is 9.47 Å². The Morgan fingerprint density at radius 1 is 1.19 bits per heavy atom. The van der Waals surface area contributed by atoms with E-state index in [1.165, 1.54) is 0 Å². The van der Waals surface area contributed by atoms with Crippen LogP contribution in [0.25, 0.3) is 0 Å². The lowest BCUT2D eigenvalue weighted by atomic mass is 10.2. The van der Waals surface area contributed by atoms with Gasteiger partial charge < -0.3 is 14.8 Å². The molecular formula is C12H25NO3. The fourth-order valence-corrected chi connectivity index (χ4v) is 1.03. The van der Waals surface area contributed by atoms with Crippen LogP contribution in [0.4, 0.5) is 4.79 Å². The van der Waals surface area contributed by atoms with E-state index < -0.39 is 11.7 Å². The van der Waals surface area contributed by atoms with Crippen molar-refractivity contribution in [2.45, 2.75) is 53.2 Å². The summed E-state index contributed by atoms with van der Waals surface area (Å²) < 4.78 is 10.5. The molecule has 4 heteroatoms. The summed E-state index contributed by atoms with van der Waals surface area (Å²) in [4.78, 5) is 11.4. The number of carbonyl (C=O) groups excluding carboxylic acids is 1. The summed E-state index contributed by atoms with van der Waals surface area (Å²) in [7, 11) is 0. The van der Waals surface area contributed by atoms with Crippen molar-refractivity contribution in [1.82, 2.24) is 5.32 Å². The van der Waals surface area contributed by atoms with Crippen LogP contribution in [0, 0.1) is 5.92 Å². The highest BCUT2D eigenvalue weighted by molar-refractivity contribution is 5.68. The van der Waals surface area contributed by atoms with Gasteiger partial charge in [-0.2, -0.15) is 0 Å². The molecule has 0 radical (unpaired) electrons. The van der Waals surface area contributed by atoms with E-state index in [0.717, 1.165) is 0 Å². The smallest absolute Gasteiger partial charge is 0.407 e. The zero-order valence-corrected chi connectivity index (χ0v) is 11.3. The van der Waals surface area contributed by atoms with Crippen molar-refractivity contribution >= 4 is 6.09 Å². The number of hydrogen-bond donors (Lipinski definition) is 1. The largest absolute Gasteiger partial charge is 0.444 e. The number of amides is 1. The Hall–Kier alpha value is -0.770. The van der Waals surface area contributed by atoms with E-state index in [9.17, 15) is 4.79 Å². The van der Waals surface area contributed by atoms with Gasteiger partial charge in [0.1, 0.15) is 5.60 Å². The summed E-state index contributed by atoms with van der Waals surface area (Å²) in [6.45, 7) is 12.8. The Kier molecular flexibility index (Phi) is 6.41. The van der Waals surface area contributed by atoms with Crippen molar-refractivity contribution in [3.05, 3.63) is 0 Å². The number of rotatable bonds is 5. The molecule has 16 heavy (non-hydrogen) atoms. The van der Waals surface area contributed by atoms with E-state index in [1.807, 2.05) is 27.7 Å². The van der Waals surface area contributed by atoms with Crippen molar-refractivity contribution < 1.29 is 14.3 Å². The van der Waals surface area contributed by atoms with Crippen LogP contribution in [0.1, 0.15) is 41.5 Å². The van der Waals surface area contributed by atoms with E-state index >= 15 is 0 Å². The van der Waals surface area contributed by atoms with Gasteiger partial charge in [-0.25, -0.2) is 4.79 Å². The Morgan fingerprint density at radius 2 is 1.75 bits per heavy atom. The maximum absolute atomic E-state index is 11.4. The summed E-state index contributed by atoms with van der Waals surface area (Å²) in [6, 6.07) is -0.0337. The zero-order chi connectivity index (χ0) is 12.8. The van der Waals surface area contributed by atoms with Crippen molar-refractivity contribution in [3.8, 4) is 0 Å². The molecule has 0 aliphatic rings. The first-order valence-electron chi connectivity index (χ1n) is 5.78. The van der Waals surface area contributed by atoms with Gasteiger partial charge in [0.25, 0.3) is 0 Å². The van der Waals surface area contributed by atoms with Crippen molar-refractivity contribution in [1.29, 1.82) is 0 Å². The molecule has 0 saturated carbocycles. The Bertz CT molecular complexity index is 209. The van der Waals surface area contributed by atoms with Gasteiger partial charge >= 0.3 is 6.09 Å². The molecule has 0 fully saturated rings. The molecule has 96 valence electrons. The lowest BCUT2D eigenvalue weighted by Gasteiger charge is -2.22. The van der Waals surface area contributed by atoms with Gasteiger partial charge in [-0.05, 0) is 33.6 Å². The van der Waals surface area contributed by atoms with Gasteiger partial charge in [0.05, 0.1) is 12.6 Å². The van der Waals surface area contributed by atoms with E-state index in [-0.39, 0.29) is 6.04 Å². The topological polar surface area (TPSA) is 47.6 Å². The molecule has 0 aromatic carbocycles. The van der Waals surface area contributed by atoms with E-state index in [0.29, 0.717) is 19.1 Å². The third kappa shape index (κ3) is 9.77. The lowest BCUT2D eigenvalue weighted by Crippen LogP contribution is -2.40. The van der Waals surface area contributed by atoms with Crippen LogP contribution < -0.4 is 5.32 Å². The minimum absolute atomic E-state index is 0.0337. The first-order chi connectivity index (χ1) is 7.20. The lowest BCUT2D eigenvalue weighted by molar-refractivity contribution is 0.0436. The summed E-state index contributed by atoms with van der Waals surface area (Å²) in [5, 5.41) is 2.72. The standard InChI is InChI=1S/C12H25NO3/c1-9(2)7-15-8-10(3)13-11(14)16-12(4,5)6/h9-10H,7-8H2,1-6H3,(H,13,14)/t10-/m1/s1. The monoisotopic (exact) mass is 231 g/mol. The maximum atomic E-state index is 11.4. The fourth-order valence-electron chi connectivity index (χ4n) is 1.03. The van der Waals surface area contributed by atoms with Gasteiger partial charge in [0, 0.05) is 6.61 Å². The number of alkyl carbamates (subject to hydrolysis) is 1. The average molecular weight is 231 g/mol.